The van der Waals surface area contributed by atoms with Gasteiger partial charge in [0.1, 0.15) is 7.85 Å². The van der Waals surface area contributed by atoms with E-state index in [0.29, 0.717) is 18.2 Å². The Labute approximate surface area is 63.3 Å². The van der Waals surface area contributed by atoms with E-state index in [1.165, 1.54) is 0 Å². The number of methoxy groups -OCH3 is 1. The molecule has 0 N–H and O–H groups in total. The maximum atomic E-state index is 5.59. The minimum Gasteiger partial charge on any atom is -0.381 e. The smallest absolute Gasteiger partial charge is 0.139 e. The van der Waals surface area contributed by atoms with Gasteiger partial charge in [0, 0.05) is 13.1 Å². The second kappa shape index (κ2) is 3.40. The van der Waals surface area contributed by atoms with Crippen LogP contribution in [0.1, 0.15) is 19.8 Å². The van der Waals surface area contributed by atoms with Crippen molar-refractivity contribution in [2.45, 2.75) is 38.0 Å². The average molecular weight is 142 g/mol. The molecule has 2 nitrogen and oxygen atoms in total. The van der Waals surface area contributed by atoms with Crippen molar-refractivity contribution in [2.75, 3.05) is 7.11 Å². The zero-order valence-corrected chi connectivity index (χ0v) is 6.96. The van der Waals surface area contributed by atoms with Gasteiger partial charge in [0.2, 0.25) is 0 Å². The summed E-state index contributed by atoms with van der Waals surface area (Å²) in [6, 6.07) is 0.384. The van der Waals surface area contributed by atoms with Gasteiger partial charge in [-0.2, -0.15) is 0 Å². The summed E-state index contributed by atoms with van der Waals surface area (Å²) in [5, 5.41) is 0. The molecule has 0 aliphatic carbocycles. The Morgan fingerprint density at radius 2 is 2.40 bits per heavy atom. The number of hydrogen-bond donors (Lipinski definition) is 0. The van der Waals surface area contributed by atoms with Crippen molar-refractivity contribution in [3.05, 3.63) is 0 Å². The van der Waals surface area contributed by atoms with E-state index in [0.717, 1.165) is 12.8 Å². The van der Waals surface area contributed by atoms with E-state index in [-0.39, 0.29) is 0 Å². The van der Waals surface area contributed by atoms with Crippen LogP contribution in [0, 0.1) is 0 Å². The average Bonchev–Trinajstić information content (AvgIpc) is 2.30. The lowest BCUT2D eigenvalue weighted by Crippen LogP contribution is -2.21. The van der Waals surface area contributed by atoms with Gasteiger partial charge >= 0.3 is 0 Å². The monoisotopic (exact) mass is 142 g/mol. The lowest BCUT2D eigenvalue weighted by molar-refractivity contribution is 0.00825. The van der Waals surface area contributed by atoms with Crippen molar-refractivity contribution >= 4 is 7.85 Å². The van der Waals surface area contributed by atoms with E-state index in [1.54, 1.807) is 7.11 Å². The number of ether oxygens (including phenoxy) is 2. The van der Waals surface area contributed by atoms with Crippen LogP contribution >= 0.6 is 0 Å². The Hall–Kier alpha value is -0.0151. The molecule has 3 heteroatoms. The van der Waals surface area contributed by atoms with E-state index >= 15 is 0 Å². The van der Waals surface area contributed by atoms with Crippen molar-refractivity contribution in [1.82, 2.24) is 0 Å². The largest absolute Gasteiger partial charge is 0.381 e. The molecule has 1 aliphatic rings. The summed E-state index contributed by atoms with van der Waals surface area (Å²) in [6.07, 6.45) is 2.78. The van der Waals surface area contributed by atoms with Gasteiger partial charge in [0.05, 0.1) is 12.2 Å². The molecule has 10 heavy (non-hydrogen) atoms. The van der Waals surface area contributed by atoms with Crippen LogP contribution in [0.5, 0.6) is 0 Å². The van der Waals surface area contributed by atoms with Gasteiger partial charge in [-0.25, -0.2) is 0 Å². The topological polar surface area (TPSA) is 18.5 Å². The third kappa shape index (κ3) is 1.52. The molecule has 1 heterocycles. The summed E-state index contributed by atoms with van der Waals surface area (Å²) in [7, 11) is 3.86. The number of hydrogen-bond acceptors (Lipinski definition) is 2. The third-order valence-corrected chi connectivity index (χ3v) is 2.09. The van der Waals surface area contributed by atoms with E-state index in [2.05, 4.69) is 14.8 Å². The quantitative estimate of drug-likeness (QED) is 0.511. The molecule has 58 valence electrons. The van der Waals surface area contributed by atoms with Crippen LogP contribution in [-0.2, 0) is 9.47 Å². The second-order valence-corrected chi connectivity index (χ2v) is 2.90. The zero-order valence-electron chi connectivity index (χ0n) is 6.96. The molecule has 3 unspecified atom stereocenters. The van der Waals surface area contributed by atoms with Crippen LogP contribution in [0.3, 0.4) is 0 Å². The van der Waals surface area contributed by atoms with Crippen LogP contribution < -0.4 is 0 Å². The maximum Gasteiger partial charge on any atom is 0.139 e. The predicted octanol–water partition coefficient (Wildman–Crippen LogP) is 0.159. The standard InChI is InChI=1S/C7H15BO2/c1-3-5-6(9-2)4-7(8)10-5/h5-7H,3-4,8H2,1-2H3. The summed E-state index contributed by atoms with van der Waals surface area (Å²) < 4.78 is 10.8. The Morgan fingerprint density at radius 1 is 1.70 bits per heavy atom. The number of rotatable bonds is 2. The van der Waals surface area contributed by atoms with Gasteiger partial charge in [-0.3, -0.25) is 0 Å². The second-order valence-electron chi connectivity index (χ2n) is 2.90. The molecular weight excluding hydrogens is 127 g/mol. The Morgan fingerprint density at radius 3 is 2.80 bits per heavy atom. The normalized spacial score (nSPS) is 40.4. The fourth-order valence-corrected chi connectivity index (χ4v) is 1.53. The highest BCUT2D eigenvalue weighted by Gasteiger charge is 2.30. The van der Waals surface area contributed by atoms with Crippen molar-refractivity contribution in [2.24, 2.45) is 0 Å². The van der Waals surface area contributed by atoms with Crippen LogP contribution in [0.25, 0.3) is 0 Å². The molecule has 0 aromatic rings. The van der Waals surface area contributed by atoms with Crippen LogP contribution in [0.4, 0.5) is 0 Å². The first kappa shape index (κ1) is 8.09. The molecule has 1 fully saturated rings. The molecule has 1 rings (SSSR count). The highest BCUT2D eigenvalue weighted by Crippen LogP contribution is 2.22. The van der Waals surface area contributed by atoms with Gasteiger partial charge in [-0.1, -0.05) is 6.92 Å². The minimum atomic E-state index is 0.333. The summed E-state index contributed by atoms with van der Waals surface area (Å²) in [5.41, 5.74) is 0. The molecule has 0 amide bonds. The Bertz CT molecular complexity index is 95.8. The summed E-state index contributed by atoms with van der Waals surface area (Å²) in [5.74, 6) is 0. The predicted molar refractivity (Wildman–Crippen MR) is 42.9 cm³/mol. The highest BCUT2D eigenvalue weighted by molar-refractivity contribution is 6.11. The molecule has 0 aromatic carbocycles. The summed E-state index contributed by atoms with van der Waals surface area (Å²) in [6.45, 7) is 2.13. The third-order valence-electron chi connectivity index (χ3n) is 2.09. The van der Waals surface area contributed by atoms with Gasteiger partial charge in [-0.15, -0.1) is 0 Å². The van der Waals surface area contributed by atoms with Crippen molar-refractivity contribution in [3.63, 3.8) is 0 Å². The molecule has 1 saturated heterocycles. The van der Waals surface area contributed by atoms with Crippen LogP contribution in [-0.4, -0.2) is 33.2 Å². The zero-order chi connectivity index (χ0) is 7.56. The molecule has 0 radical (unpaired) electrons. The SMILES string of the molecule is BC1CC(OC)C(CC)O1. The molecule has 1 aliphatic heterocycles. The molecule has 0 saturated carbocycles. The summed E-state index contributed by atoms with van der Waals surface area (Å²) in [4.78, 5) is 0. The van der Waals surface area contributed by atoms with Gasteiger partial charge in [0.25, 0.3) is 0 Å². The fraction of sp³-hybridized carbons (Fsp3) is 1.00. The lowest BCUT2D eigenvalue weighted by atomic mass is 9.96. The summed E-state index contributed by atoms with van der Waals surface area (Å²) >= 11 is 0. The molecule has 0 bridgehead atoms. The maximum absolute atomic E-state index is 5.59. The van der Waals surface area contributed by atoms with E-state index in [4.69, 9.17) is 9.47 Å². The van der Waals surface area contributed by atoms with Gasteiger partial charge in [0.15, 0.2) is 0 Å². The van der Waals surface area contributed by atoms with E-state index < -0.39 is 0 Å². The first-order chi connectivity index (χ1) is 4.77. The first-order valence-corrected chi connectivity index (χ1v) is 3.96. The molecular formula is C7H15BO2. The van der Waals surface area contributed by atoms with Crippen molar-refractivity contribution in [1.29, 1.82) is 0 Å². The van der Waals surface area contributed by atoms with Crippen molar-refractivity contribution in [3.8, 4) is 0 Å². The highest BCUT2D eigenvalue weighted by atomic mass is 16.6. The Balaban J connectivity index is 2.41. The molecule has 0 aromatic heterocycles. The minimum absolute atomic E-state index is 0.333. The van der Waals surface area contributed by atoms with Gasteiger partial charge < -0.3 is 9.47 Å². The Kier molecular flexibility index (Phi) is 2.75. The van der Waals surface area contributed by atoms with E-state index in [1.807, 2.05) is 0 Å². The van der Waals surface area contributed by atoms with E-state index in [9.17, 15) is 0 Å². The fourth-order valence-electron chi connectivity index (χ4n) is 1.53. The first-order valence-electron chi connectivity index (χ1n) is 3.96. The van der Waals surface area contributed by atoms with Gasteiger partial charge in [-0.05, 0) is 12.8 Å². The molecule has 3 atom stereocenters. The van der Waals surface area contributed by atoms with Crippen LogP contribution in [0.15, 0.2) is 0 Å². The molecule has 0 spiro atoms. The van der Waals surface area contributed by atoms with Crippen molar-refractivity contribution < 1.29 is 9.47 Å². The van der Waals surface area contributed by atoms with Crippen LogP contribution in [0.2, 0.25) is 0 Å². The lowest BCUT2D eigenvalue weighted by Gasteiger charge is -2.14.